The van der Waals surface area contributed by atoms with E-state index in [0.29, 0.717) is 18.7 Å². The molecule has 1 heterocycles. The largest absolute Gasteiger partial charge is 0.468 e. The van der Waals surface area contributed by atoms with Gasteiger partial charge in [0, 0.05) is 26.2 Å². The summed E-state index contributed by atoms with van der Waals surface area (Å²) in [4.78, 5) is 38.5. The molecule has 0 unspecified atom stereocenters. The van der Waals surface area contributed by atoms with Gasteiger partial charge in [-0.1, -0.05) is 36.4 Å². The van der Waals surface area contributed by atoms with Crippen molar-refractivity contribution in [2.45, 2.75) is 25.6 Å². The average Bonchev–Trinajstić information content (AvgIpc) is 3.40. The van der Waals surface area contributed by atoms with Crippen LogP contribution in [0.3, 0.4) is 0 Å². The van der Waals surface area contributed by atoms with E-state index in [1.165, 1.54) is 26.5 Å². The van der Waals surface area contributed by atoms with Gasteiger partial charge in [0.05, 0.1) is 12.8 Å². The van der Waals surface area contributed by atoms with E-state index < -0.39 is 23.3 Å². The number of carbonyl (C=O) groups is 3. The summed E-state index contributed by atoms with van der Waals surface area (Å²) in [7, 11) is 2.68. The van der Waals surface area contributed by atoms with Crippen molar-refractivity contribution in [1.29, 1.82) is 0 Å². The molecule has 1 aromatic heterocycles. The Morgan fingerprint density at radius 3 is 2.09 bits per heavy atom. The number of amides is 3. The Morgan fingerprint density at radius 1 is 0.941 bits per heavy atom. The third-order valence-electron chi connectivity index (χ3n) is 5.82. The molecule has 9 heteroatoms. The molecule has 0 spiro atoms. The Kier molecular flexibility index (Phi) is 7.83. The molecule has 34 heavy (non-hydrogen) atoms. The molecule has 3 amide bonds. The lowest BCUT2D eigenvalue weighted by atomic mass is 9.96. The SMILES string of the molecule is CNC(=O)[C@@](C)(C(=O)NO)N(C)C(=O)c1ccc(-c2ccc(CNCc3ccco3)cc2)cc1. The van der Waals surface area contributed by atoms with Gasteiger partial charge in [-0.05, 0) is 47.9 Å². The van der Waals surface area contributed by atoms with Crippen LogP contribution in [0.25, 0.3) is 11.1 Å². The van der Waals surface area contributed by atoms with Crippen LogP contribution in [0.15, 0.2) is 71.3 Å². The first-order valence-corrected chi connectivity index (χ1v) is 10.7. The number of rotatable bonds is 9. The van der Waals surface area contributed by atoms with Crippen LogP contribution < -0.4 is 16.1 Å². The summed E-state index contributed by atoms with van der Waals surface area (Å²) in [5, 5.41) is 14.7. The van der Waals surface area contributed by atoms with Gasteiger partial charge in [-0.3, -0.25) is 19.6 Å². The molecule has 9 nitrogen and oxygen atoms in total. The molecule has 3 aromatic rings. The van der Waals surface area contributed by atoms with Crippen molar-refractivity contribution < 1.29 is 24.0 Å². The van der Waals surface area contributed by atoms with E-state index in [9.17, 15) is 14.4 Å². The molecule has 3 rings (SSSR count). The fourth-order valence-electron chi connectivity index (χ4n) is 3.52. The molecule has 178 valence electrons. The number of nitrogens with one attached hydrogen (secondary N) is 3. The van der Waals surface area contributed by atoms with E-state index in [4.69, 9.17) is 9.62 Å². The third kappa shape index (κ3) is 5.16. The van der Waals surface area contributed by atoms with E-state index in [1.807, 2.05) is 36.4 Å². The fraction of sp³-hybridized carbons (Fsp3) is 0.240. The summed E-state index contributed by atoms with van der Waals surface area (Å²) < 4.78 is 5.30. The summed E-state index contributed by atoms with van der Waals surface area (Å²) in [6, 6.07) is 18.7. The van der Waals surface area contributed by atoms with E-state index in [1.54, 1.807) is 30.5 Å². The van der Waals surface area contributed by atoms with Crippen LogP contribution >= 0.6 is 0 Å². The number of furan rings is 1. The monoisotopic (exact) mass is 464 g/mol. The van der Waals surface area contributed by atoms with Crippen LogP contribution in [-0.4, -0.2) is 47.5 Å². The Bertz CT molecular complexity index is 1110. The van der Waals surface area contributed by atoms with Gasteiger partial charge in [0.1, 0.15) is 5.76 Å². The minimum atomic E-state index is -1.93. The van der Waals surface area contributed by atoms with Crippen LogP contribution in [0, 0.1) is 0 Å². The molecule has 0 aliphatic carbocycles. The normalized spacial score (nSPS) is 12.5. The maximum Gasteiger partial charge on any atom is 0.278 e. The highest BCUT2D eigenvalue weighted by Gasteiger charge is 2.47. The summed E-state index contributed by atoms with van der Waals surface area (Å²) >= 11 is 0. The third-order valence-corrected chi connectivity index (χ3v) is 5.82. The zero-order valence-electron chi connectivity index (χ0n) is 19.3. The van der Waals surface area contributed by atoms with Gasteiger partial charge in [-0.15, -0.1) is 0 Å². The highest BCUT2D eigenvalue weighted by Crippen LogP contribution is 2.23. The molecule has 0 radical (unpaired) electrons. The van der Waals surface area contributed by atoms with Crippen LogP contribution in [0.4, 0.5) is 0 Å². The lowest BCUT2D eigenvalue weighted by molar-refractivity contribution is -0.148. The minimum absolute atomic E-state index is 0.297. The Labute approximate surface area is 197 Å². The molecule has 4 N–H and O–H groups in total. The molecule has 1 atom stereocenters. The van der Waals surface area contributed by atoms with Crippen LogP contribution in [-0.2, 0) is 22.7 Å². The van der Waals surface area contributed by atoms with Gasteiger partial charge in [0.2, 0.25) is 0 Å². The number of likely N-dealkylation sites (N-methyl/N-ethyl adjacent to an activating group) is 2. The molecule has 0 aliphatic heterocycles. The van der Waals surface area contributed by atoms with Gasteiger partial charge in [-0.25, -0.2) is 5.48 Å². The fourth-order valence-corrected chi connectivity index (χ4v) is 3.52. The quantitative estimate of drug-likeness (QED) is 0.219. The zero-order valence-corrected chi connectivity index (χ0v) is 19.3. The first kappa shape index (κ1) is 24.7. The molecule has 0 fully saturated rings. The van der Waals surface area contributed by atoms with Crippen molar-refractivity contribution in [2.75, 3.05) is 14.1 Å². The van der Waals surface area contributed by atoms with E-state index in [2.05, 4.69) is 10.6 Å². The van der Waals surface area contributed by atoms with Crippen molar-refractivity contribution in [1.82, 2.24) is 21.0 Å². The molecule has 0 bridgehead atoms. The minimum Gasteiger partial charge on any atom is -0.468 e. The number of hydrogen-bond acceptors (Lipinski definition) is 6. The predicted octanol–water partition coefficient (Wildman–Crippen LogP) is 2.32. The second-order valence-electron chi connectivity index (χ2n) is 7.91. The van der Waals surface area contributed by atoms with Crippen molar-refractivity contribution >= 4 is 17.7 Å². The molecule has 0 saturated carbocycles. The van der Waals surface area contributed by atoms with Crippen molar-refractivity contribution in [3.05, 3.63) is 83.8 Å². The molecule has 2 aromatic carbocycles. The maximum atomic E-state index is 13.0. The first-order chi connectivity index (χ1) is 16.3. The summed E-state index contributed by atoms with van der Waals surface area (Å²) in [6.45, 7) is 2.61. The lowest BCUT2D eigenvalue weighted by Crippen LogP contribution is -2.64. The Hall–Kier alpha value is -3.95. The van der Waals surface area contributed by atoms with Crippen LogP contribution in [0.5, 0.6) is 0 Å². The summed E-state index contributed by atoms with van der Waals surface area (Å²) in [5.41, 5.74) is 2.85. The number of benzene rings is 2. The first-order valence-electron chi connectivity index (χ1n) is 10.7. The number of hydrogen-bond donors (Lipinski definition) is 4. The molecule has 0 saturated heterocycles. The van der Waals surface area contributed by atoms with E-state index >= 15 is 0 Å². The van der Waals surface area contributed by atoms with Crippen molar-refractivity contribution in [3.8, 4) is 11.1 Å². The Morgan fingerprint density at radius 2 is 1.56 bits per heavy atom. The van der Waals surface area contributed by atoms with Gasteiger partial charge >= 0.3 is 0 Å². The van der Waals surface area contributed by atoms with Crippen molar-refractivity contribution in [2.24, 2.45) is 0 Å². The van der Waals surface area contributed by atoms with Gasteiger partial charge in [0.15, 0.2) is 5.54 Å². The average molecular weight is 465 g/mol. The number of nitrogens with zero attached hydrogens (tertiary/aromatic N) is 1. The van der Waals surface area contributed by atoms with Gasteiger partial charge in [-0.2, -0.15) is 0 Å². The highest BCUT2D eigenvalue weighted by molar-refractivity contribution is 6.12. The molecular formula is C25H28N4O5. The zero-order chi connectivity index (χ0) is 24.7. The second-order valence-corrected chi connectivity index (χ2v) is 7.91. The topological polar surface area (TPSA) is 124 Å². The standard InChI is InChI=1S/C25H28N4O5/c1-25(23(31)26-2,24(32)28-33)29(3)22(30)20-12-10-19(11-13-20)18-8-6-17(7-9-18)15-27-16-21-5-4-14-34-21/h4-14,27,33H,15-16H2,1-3H3,(H,26,31)(H,28,32)/t25-/m0/s1. The number of hydroxylamine groups is 1. The van der Waals surface area contributed by atoms with Crippen LogP contribution in [0.1, 0.15) is 28.6 Å². The van der Waals surface area contributed by atoms with Gasteiger partial charge < -0.3 is 20.0 Å². The van der Waals surface area contributed by atoms with Crippen molar-refractivity contribution in [3.63, 3.8) is 0 Å². The maximum absolute atomic E-state index is 13.0. The van der Waals surface area contributed by atoms with E-state index in [0.717, 1.165) is 27.4 Å². The molecular weight excluding hydrogens is 436 g/mol. The Balaban J connectivity index is 1.68. The summed E-state index contributed by atoms with van der Waals surface area (Å²) in [6.07, 6.45) is 1.65. The second kappa shape index (κ2) is 10.8. The highest BCUT2D eigenvalue weighted by atomic mass is 16.5. The lowest BCUT2D eigenvalue weighted by Gasteiger charge is -2.34. The molecule has 0 aliphatic rings. The van der Waals surface area contributed by atoms with Crippen LogP contribution in [0.2, 0.25) is 0 Å². The smallest absolute Gasteiger partial charge is 0.278 e. The predicted molar refractivity (Wildman–Crippen MR) is 126 cm³/mol. The van der Waals surface area contributed by atoms with E-state index in [-0.39, 0.29) is 0 Å². The summed E-state index contributed by atoms with van der Waals surface area (Å²) in [5.74, 6) is -1.41. The van der Waals surface area contributed by atoms with Gasteiger partial charge in [0.25, 0.3) is 17.7 Å². The number of carbonyl (C=O) groups excluding carboxylic acids is 3.